The Balaban J connectivity index is 0.000000179. The van der Waals surface area contributed by atoms with Gasteiger partial charge in [-0.15, -0.1) is 0 Å². The maximum atomic E-state index is 6.44. The van der Waals surface area contributed by atoms with Gasteiger partial charge in [-0.25, -0.2) is 0 Å². The maximum Gasteiger partial charge on any atom is 0.136 e. The van der Waals surface area contributed by atoms with E-state index in [2.05, 4.69) is 142 Å². The summed E-state index contributed by atoms with van der Waals surface area (Å²) >= 11 is 3.46. The van der Waals surface area contributed by atoms with E-state index >= 15 is 0 Å². The van der Waals surface area contributed by atoms with Gasteiger partial charge in [0, 0.05) is 47.8 Å². The zero-order chi connectivity index (χ0) is 36.9. The van der Waals surface area contributed by atoms with Crippen LogP contribution in [0, 0.1) is 0 Å². The molecule has 0 unspecified atom stereocenters. The van der Waals surface area contributed by atoms with Crippen molar-refractivity contribution in [1.82, 2.24) is 4.98 Å². The van der Waals surface area contributed by atoms with E-state index in [9.17, 15) is 0 Å². The first kappa shape index (κ1) is 33.7. The first-order chi connectivity index (χ1) is 26.7. The van der Waals surface area contributed by atoms with Crippen LogP contribution in [0.2, 0.25) is 0 Å². The highest BCUT2D eigenvalue weighted by atomic mass is 79.9. The summed E-state index contributed by atoms with van der Waals surface area (Å²) < 4.78 is 13.2. The van der Waals surface area contributed by atoms with Gasteiger partial charge in [-0.2, -0.15) is 0 Å². The third kappa shape index (κ3) is 5.32. The monoisotopic (exact) mass is 763 g/mol. The topological polar surface area (TPSA) is 42.1 Å². The van der Waals surface area contributed by atoms with Gasteiger partial charge in [0.05, 0.1) is 0 Å². The molecule has 3 heterocycles. The van der Waals surface area contributed by atoms with Crippen molar-refractivity contribution in [2.24, 2.45) is 0 Å². The average molecular weight is 765 g/mol. The van der Waals surface area contributed by atoms with Crippen molar-refractivity contribution in [1.29, 1.82) is 0 Å². The molecule has 1 aliphatic rings. The number of aromatic amines is 1. The van der Waals surface area contributed by atoms with E-state index in [4.69, 9.17) is 8.83 Å². The lowest BCUT2D eigenvalue weighted by molar-refractivity contribution is 0.668. The lowest BCUT2D eigenvalue weighted by atomic mass is 9.96. The largest absolute Gasteiger partial charge is 0.456 e. The van der Waals surface area contributed by atoms with Gasteiger partial charge in [-0.3, -0.25) is 0 Å². The van der Waals surface area contributed by atoms with Gasteiger partial charge in [-0.05, 0) is 105 Å². The zero-order valence-corrected chi connectivity index (χ0v) is 32.2. The van der Waals surface area contributed by atoms with E-state index in [1.807, 2.05) is 58.0 Å². The number of hydrogen-bond donors (Lipinski definition) is 1. The molecule has 4 heteroatoms. The summed E-state index contributed by atoms with van der Waals surface area (Å²) in [4.78, 5) is 3.54. The van der Waals surface area contributed by atoms with Crippen LogP contribution in [0.1, 0.15) is 27.7 Å². The van der Waals surface area contributed by atoms with Crippen molar-refractivity contribution in [3.63, 3.8) is 0 Å². The molecule has 0 fully saturated rings. The lowest BCUT2D eigenvalue weighted by Gasteiger charge is -2.05. The molecule has 0 saturated carbocycles. The average Bonchev–Trinajstić information content (AvgIpc) is 3.99. The summed E-state index contributed by atoms with van der Waals surface area (Å²) in [5.41, 5.74) is 13.7. The fraction of sp³-hybridized carbons (Fsp3) is 0.0800. The molecule has 8 aromatic carbocycles. The van der Waals surface area contributed by atoms with Crippen LogP contribution in [-0.2, 0) is 0 Å². The second-order valence-electron chi connectivity index (χ2n) is 13.1. The van der Waals surface area contributed by atoms with E-state index in [-0.39, 0.29) is 0 Å². The highest BCUT2D eigenvalue weighted by molar-refractivity contribution is 9.10. The molecule has 3 nitrogen and oxygen atoms in total. The maximum absolute atomic E-state index is 6.44. The molecule has 3 aromatic heterocycles. The smallest absolute Gasteiger partial charge is 0.136 e. The second-order valence-corrected chi connectivity index (χ2v) is 14.0. The molecule has 0 radical (unpaired) electrons. The number of benzene rings is 8. The summed E-state index contributed by atoms with van der Waals surface area (Å²) in [7, 11) is 0. The Morgan fingerprint density at radius 3 is 1.78 bits per heavy atom. The zero-order valence-electron chi connectivity index (χ0n) is 30.6. The molecule has 0 aliphatic heterocycles. The van der Waals surface area contributed by atoms with Gasteiger partial charge in [0.15, 0.2) is 0 Å². The van der Waals surface area contributed by atoms with Crippen molar-refractivity contribution >= 4 is 92.4 Å². The number of aromatic nitrogens is 1. The number of hydrogen-bond acceptors (Lipinski definition) is 2. The minimum absolute atomic E-state index is 0.930. The summed E-state index contributed by atoms with van der Waals surface area (Å²) in [5, 5.41) is 9.81. The Bertz CT molecular complexity index is 3180. The number of halogens is 1. The van der Waals surface area contributed by atoms with Crippen LogP contribution in [0.4, 0.5) is 0 Å². The van der Waals surface area contributed by atoms with Crippen molar-refractivity contribution in [3.8, 4) is 33.4 Å². The van der Waals surface area contributed by atoms with Crippen molar-refractivity contribution in [3.05, 3.63) is 156 Å². The van der Waals surface area contributed by atoms with Crippen LogP contribution in [0.5, 0.6) is 0 Å². The highest BCUT2D eigenvalue weighted by Gasteiger charge is 2.24. The van der Waals surface area contributed by atoms with Gasteiger partial charge in [0.25, 0.3) is 0 Å². The number of furan rings is 2. The van der Waals surface area contributed by atoms with Crippen molar-refractivity contribution in [2.45, 2.75) is 27.7 Å². The van der Waals surface area contributed by atoms with Crippen LogP contribution >= 0.6 is 15.9 Å². The summed E-state index contributed by atoms with van der Waals surface area (Å²) in [6, 6.07) is 53.5. The van der Waals surface area contributed by atoms with Crippen molar-refractivity contribution in [2.75, 3.05) is 0 Å². The van der Waals surface area contributed by atoms with E-state index in [0.717, 1.165) is 32.2 Å². The molecule has 0 saturated heterocycles. The summed E-state index contributed by atoms with van der Waals surface area (Å²) in [5.74, 6) is 0. The molecular formula is C50H38BrNO2. The van der Waals surface area contributed by atoms with Gasteiger partial charge in [0.1, 0.15) is 22.3 Å². The van der Waals surface area contributed by atoms with E-state index in [1.165, 1.54) is 82.1 Å². The Morgan fingerprint density at radius 1 is 0.370 bits per heavy atom. The standard InChI is InChI=1S/C34H19NO.C12H7BrO.2C2H6/c1-2-7-22-21(6-1)24-9-5-10-25-33(24)27(22)18-32-34(25)28-17-20(13-15-31(28)36-32)19-12-14-30-26(16-19)23-8-3-4-11-29(23)35-30;13-8-5-6-12-10(7-8)9-3-1-2-4-11(9)14-12;2*1-2/h1-18,35H;1-7H;2*1-2H3. The molecule has 1 N–H and O–H groups in total. The second kappa shape index (κ2) is 13.7. The molecule has 0 spiro atoms. The first-order valence-corrected chi connectivity index (χ1v) is 19.6. The van der Waals surface area contributed by atoms with Crippen LogP contribution in [0.25, 0.3) is 110 Å². The number of para-hydroxylation sites is 2. The molecule has 0 amide bonds. The number of rotatable bonds is 1. The number of fused-ring (bicyclic) bond motifs is 13. The first-order valence-electron chi connectivity index (χ1n) is 18.8. The Hall–Kier alpha value is -6.10. The molecular weight excluding hydrogens is 726 g/mol. The molecule has 11 aromatic rings. The van der Waals surface area contributed by atoms with Crippen LogP contribution in [0.3, 0.4) is 0 Å². The van der Waals surface area contributed by atoms with Gasteiger partial charge in [-0.1, -0.05) is 135 Å². The molecule has 1 aliphatic carbocycles. The predicted octanol–water partition coefficient (Wildman–Crippen LogP) is 16.1. The minimum Gasteiger partial charge on any atom is -0.456 e. The number of H-pyrrole nitrogens is 1. The molecule has 54 heavy (non-hydrogen) atoms. The quantitative estimate of drug-likeness (QED) is 0.181. The fourth-order valence-corrected chi connectivity index (χ4v) is 8.41. The van der Waals surface area contributed by atoms with E-state index < -0.39 is 0 Å². The molecule has 0 atom stereocenters. The Kier molecular flexibility index (Phi) is 8.56. The lowest BCUT2D eigenvalue weighted by Crippen LogP contribution is -1.80. The van der Waals surface area contributed by atoms with Crippen LogP contribution in [0.15, 0.2) is 165 Å². The third-order valence-corrected chi connectivity index (χ3v) is 10.8. The van der Waals surface area contributed by atoms with Gasteiger partial charge < -0.3 is 13.8 Å². The fourth-order valence-electron chi connectivity index (χ4n) is 8.05. The summed E-state index contributed by atoms with van der Waals surface area (Å²) in [6.07, 6.45) is 0. The van der Waals surface area contributed by atoms with E-state index in [1.54, 1.807) is 0 Å². The highest BCUT2D eigenvalue weighted by Crippen LogP contribution is 2.51. The molecule has 0 bridgehead atoms. The summed E-state index contributed by atoms with van der Waals surface area (Å²) in [6.45, 7) is 8.00. The van der Waals surface area contributed by atoms with Crippen molar-refractivity contribution < 1.29 is 8.83 Å². The Labute approximate surface area is 322 Å². The number of nitrogens with one attached hydrogen (secondary N) is 1. The Morgan fingerprint density at radius 2 is 0.944 bits per heavy atom. The minimum atomic E-state index is 0.930. The van der Waals surface area contributed by atoms with E-state index in [0.29, 0.717) is 0 Å². The SMILES string of the molecule is Brc1ccc2oc3ccccc3c2c1.CC.CC.c1ccc2c(c1)-c1cccc3c1c-2cc1oc2ccc(-c4ccc5[nH]c6ccccc6c5c4)cc2c13. The molecule has 262 valence electrons. The van der Waals surface area contributed by atoms with Gasteiger partial charge >= 0.3 is 0 Å². The normalized spacial score (nSPS) is 11.4. The van der Waals surface area contributed by atoms with Gasteiger partial charge in [0.2, 0.25) is 0 Å². The predicted molar refractivity (Wildman–Crippen MR) is 235 cm³/mol. The van der Waals surface area contributed by atoms with Crippen LogP contribution < -0.4 is 0 Å². The molecule has 12 rings (SSSR count). The van der Waals surface area contributed by atoms with Crippen LogP contribution in [-0.4, -0.2) is 4.98 Å². The third-order valence-electron chi connectivity index (χ3n) is 10.3.